The molecule has 1 aromatic carbocycles. The molecule has 0 unspecified atom stereocenters. The zero-order chi connectivity index (χ0) is 15.5. The third-order valence-electron chi connectivity index (χ3n) is 2.98. The number of nitrogens with one attached hydrogen (secondary N) is 1. The van der Waals surface area contributed by atoms with Crippen LogP contribution in [0.15, 0.2) is 36.5 Å². The number of benzene rings is 1. The maximum Gasteiger partial charge on any atom is 0.145 e. The fourth-order valence-electron chi connectivity index (χ4n) is 1.80. The van der Waals surface area contributed by atoms with Gasteiger partial charge in [-0.15, -0.1) is 0 Å². The highest BCUT2D eigenvalue weighted by molar-refractivity contribution is 5.38. The molecule has 0 saturated heterocycles. The maximum atomic E-state index is 14.1. The number of ether oxygens (including phenoxy) is 1. The molecular weight excluding hydrogens is 267 g/mol. The topological polar surface area (TPSA) is 34.1 Å². The Labute approximate surface area is 125 Å². The van der Waals surface area contributed by atoms with Crippen molar-refractivity contribution in [3.63, 3.8) is 0 Å². The van der Waals surface area contributed by atoms with E-state index in [-0.39, 0.29) is 11.4 Å². The number of halogens is 1. The number of hydrogen-bond acceptors (Lipinski definition) is 3. The van der Waals surface area contributed by atoms with Gasteiger partial charge in [0.05, 0.1) is 6.20 Å². The number of hydrogen-bond donors (Lipinski definition) is 1. The summed E-state index contributed by atoms with van der Waals surface area (Å²) < 4.78 is 19.8. The molecule has 1 N–H and O–H groups in total. The molecule has 0 aliphatic rings. The van der Waals surface area contributed by atoms with Crippen LogP contribution in [0.5, 0.6) is 11.5 Å². The molecule has 2 rings (SSSR count). The van der Waals surface area contributed by atoms with Crippen molar-refractivity contribution in [2.24, 2.45) is 0 Å². The van der Waals surface area contributed by atoms with E-state index in [4.69, 9.17) is 4.74 Å². The summed E-state index contributed by atoms with van der Waals surface area (Å²) in [5, 5.41) is 3.28. The van der Waals surface area contributed by atoms with E-state index in [0.29, 0.717) is 23.6 Å². The van der Waals surface area contributed by atoms with E-state index >= 15 is 0 Å². The molecule has 4 heteroatoms. The quantitative estimate of drug-likeness (QED) is 0.915. The van der Waals surface area contributed by atoms with Gasteiger partial charge in [-0.05, 0) is 52.0 Å². The van der Waals surface area contributed by atoms with Gasteiger partial charge in [0.1, 0.15) is 17.3 Å². The first kappa shape index (κ1) is 15.4. The average molecular weight is 288 g/mol. The van der Waals surface area contributed by atoms with Crippen molar-refractivity contribution in [3.05, 3.63) is 53.6 Å². The summed E-state index contributed by atoms with van der Waals surface area (Å²) in [6.45, 7) is 8.43. The van der Waals surface area contributed by atoms with Crippen molar-refractivity contribution in [2.75, 3.05) is 0 Å². The van der Waals surface area contributed by atoms with Crippen LogP contribution >= 0.6 is 0 Å². The van der Waals surface area contributed by atoms with Crippen molar-refractivity contribution < 1.29 is 9.13 Å². The SMILES string of the molecule is Cc1ccc(Oc2cccc(F)c2CNC(C)(C)C)cn1. The second-order valence-corrected chi connectivity index (χ2v) is 6.06. The smallest absolute Gasteiger partial charge is 0.145 e. The lowest BCUT2D eigenvalue weighted by atomic mass is 10.1. The number of nitrogens with zero attached hydrogens (tertiary/aromatic N) is 1. The van der Waals surface area contributed by atoms with Gasteiger partial charge in [-0.25, -0.2) is 4.39 Å². The second kappa shape index (κ2) is 6.22. The van der Waals surface area contributed by atoms with E-state index in [0.717, 1.165) is 5.69 Å². The summed E-state index contributed by atoms with van der Waals surface area (Å²) in [4.78, 5) is 4.18. The first-order chi connectivity index (χ1) is 9.85. The molecule has 1 heterocycles. The third kappa shape index (κ3) is 4.53. The van der Waals surface area contributed by atoms with E-state index < -0.39 is 0 Å². The molecule has 0 bridgehead atoms. The number of aryl methyl sites for hydroxylation is 1. The summed E-state index contributed by atoms with van der Waals surface area (Å²) >= 11 is 0. The monoisotopic (exact) mass is 288 g/mol. The first-order valence-electron chi connectivity index (χ1n) is 6.98. The molecule has 0 atom stereocenters. The fourth-order valence-corrected chi connectivity index (χ4v) is 1.80. The molecule has 21 heavy (non-hydrogen) atoms. The van der Waals surface area contributed by atoms with Crippen molar-refractivity contribution in [1.29, 1.82) is 0 Å². The Morgan fingerprint density at radius 1 is 1.19 bits per heavy atom. The largest absolute Gasteiger partial charge is 0.455 e. The van der Waals surface area contributed by atoms with Crippen LogP contribution < -0.4 is 10.1 Å². The lowest BCUT2D eigenvalue weighted by Crippen LogP contribution is -2.35. The molecule has 0 fully saturated rings. The molecule has 1 aromatic heterocycles. The van der Waals surface area contributed by atoms with Gasteiger partial charge in [0, 0.05) is 23.3 Å². The minimum atomic E-state index is -0.274. The van der Waals surface area contributed by atoms with Crippen molar-refractivity contribution in [3.8, 4) is 11.5 Å². The van der Waals surface area contributed by atoms with Gasteiger partial charge in [-0.1, -0.05) is 6.07 Å². The number of pyridine rings is 1. The van der Waals surface area contributed by atoms with Crippen LogP contribution in [-0.4, -0.2) is 10.5 Å². The predicted octanol–water partition coefficient (Wildman–Crippen LogP) is 4.21. The molecule has 112 valence electrons. The standard InChI is InChI=1S/C17H21FN2O/c1-12-8-9-13(10-19-12)21-16-7-5-6-15(18)14(16)11-20-17(2,3)4/h5-10,20H,11H2,1-4H3. The highest BCUT2D eigenvalue weighted by Gasteiger charge is 2.14. The maximum absolute atomic E-state index is 14.1. The Balaban J connectivity index is 2.22. The second-order valence-electron chi connectivity index (χ2n) is 6.06. The summed E-state index contributed by atoms with van der Waals surface area (Å²) in [7, 11) is 0. The van der Waals surface area contributed by atoms with Gasteiger partial charge < -0.3 is 10.1 Å². The molecule has 0 spiro atoms. The van der Waals surface area contributed by atoms with Gasteiger partial charge in [0.15, 0.2) is 0 Å². The summed E-state index contributed by atoms with van der Waals surface area (Å²) in [5.41, 5.74) is 1.34. The lowest BCUT2D eigenvalue weighted by Gasteiger charge is -2.22. The Morgan fingerprint density at radius 3 is 2.57 bits per heavy atom. The zero-order valence-corrected chi connectivity index (χ0v) is 12.9. The van der Waals surface area contributed by atoms with Crippen LogP contribution in [0.1, 0.15) is 32.0 Å². The Morgan fingerprint density at radius 2 is 1.95 bits per heavy atom. The van der Waals surface area contributed by atoms with E-state index in [1.807, 2.05) is 39.8 Å². The van der Waals surface area contributed by atoms with E-state index in [1.165, 1.54) is 6.07 Å². The molecular formula is C17H21FN2O. The first-order valence-corrected chi connectivity index (χ1v) is 6.98. The average Bonchev–Trinajstić information content (AvgIpc) is 2.39. The van der Waals surface area contributed by atoms with E-state index in [9.17, 15) is 4.39 Å². The molecule has 2 aromatic rings. The summed E-state index contributed by atoms with van der Waals surface area (Å²) in [6, 6.07) is 8.55. The summed E-state index contributed by atoms with van der Waals surface area (Å²) in [6.07, 6.45) is 1.64. The molecule has 0 radical (unpaired) electrons. The van der Waals surface area contributed by atoms with E-state index in [2.05, 4.69) is 10.3 Å². The highest BCUT2D eigenvalue weighted by Crippen LogP contribution is 2.27. The van der Waals surface area contributed by atoms with E-state index in [1.54, 1.807) is 18.3 Å². The van der Waals surface area contributed by atoms with Gasteiger partial charge in [-0.2, -0.15) is 0 Å². The molecule has 0 saturated carbocycles. The fraction of sp³-hybridized carbons (Fsp3) is 0.353. The molecule has 0 amide bonds. The van der Waals surface area contributed by atoms with Crippen LogP contribution in [0.4, 0.5) is 4.39 Å². The van der Waals surface area contributed by atoms with Crippen molar-refractivity contribution in [1.82, 2.24) is 10.3 Å². The minimum Gasteiger partial charge on any atom is -0.455 e. The highest BCUT2D eigenvalue weighted by atomic mass is 19.1. The van der Waals surface area contributed by atoms with Crippen LogP contribution in [0.3, 0.4) is 0 Å². The van der Waals surface area contributed by atoms with Crippen molar-refractivity contribution >= 4 is 0 Å². The summed E-state index contributed by atoms with van der Waals surface area (Å²) in [5.74, 6) is 0.838. The molecule has 0 aliphatic carbocycles. The molecule has 3 nitrogen and oxygen atoms in total. The van der Waals surface area contributed by atoms with Gasteiger partial charge in [0.2, 0.25) is 0 Å². The Bertz CT molecular complexity index is 603. The van der Waals surface area contributed by atoms with Gasteiger partial charge >= 0.3 is 0 Å². The van der Waals surface area contributed by atoms with Gasteiger partial charge in [0.25, 0.3) is 0 Å². The van der Waals surface area contributed by atoms with Crippen LogP contribution in [-0.2, 0) is 6.54 Å². The molecule has 0 aliphatic heterocycles. The predicted molar refractivity (Wildman–Crippen MR) is 82.0 cm³/mol. The number of rotatable bonds is 4. The van der Waals surface area contributed by atoms with Crippen LogP contribution in [0.25, 0.3) is 0 Å². The number of aromatic nitrogens is 1. The zero-order valence-electron chi connectivity index (χ0n) is 12.9. The normalized spacial score (nSPS) is 11.5. The lowest BCUT2D eigenvalue weighted by molar-refractivity contribution is 0.405. The Kier molecular flexibility index (Phi) is 4.58. The minimum absolute atomic E-state index is 0.0923. The van der Waals surface area contributed by atoms with Crippen molar-refractivity contribution in [2.45, 2.75) is 39.8 Å². The van der Waals surface area contributed by atoms with Crippen LogP contribution in [0, 0.1) is 12.7 Å². The van der Waals surface area contributed by atoms with Gasteiger partial charge in [-0.3, -0.25) is 4.98 Å². The third-order valence-corrected chi connectivity index (χ3v) is 2.98. The Hall–Kier alpha value is -1.94. The van der Waals surface area contributed by atoms with Crippen LogP contribution in [0.2, 0.25) is 0 Å².